The van der Waals surface area contributed by atoms with Gasteiger partial charge in [-0.2, -0.15) is 18.3 Å². The summed E-state index contributed by atoms with van der Waals surface area (Å²) in [5.74, 6) is -2.88. The van der Waals surface area contributed by atoms with Crippen molar-refractivity contribution in [2.75, 3.05) is 18.8 Å². The number of benzene rings is 2. The Morgan fingerprint density at radius 1 is 1.00 bits per heavy atom. The zero-order valence-electron chi connectivity index (χ0n) is 17.5. The molecule has 14 heteroatoms. The Hall–Kier alpha value is -3.35. The molecule has 8 nitrogen and oxygen atoms in total. The predicted molar refractivity (Wildman–Crippen MR) is 120 cm³/mol. The summed E-state index contributed by atoms with van der Waals surface area (Å²) in [6.45, 7) is -2.64. The average Bonchev–Trinajstić information content (AvgIpc) is 3.17. The van der Waals surface area contributed by atoms with Crippen molar-refractivity contribution in [3.05, 3.63) is 75.7 Å². The molecule has 2 amide bonds. The summed E-state index contributed by atoms with van der Waals surface area (Å²) in [5.41, 5.74) is 2.06. The van der Waals surface area contributed by atoms with Crippen molar-refractivity contribution in [3.8, 4) is 5.69 Å². The topological polar surface area (TPSA) is 122 Å². The summed E-state index contributed by atoms with van der Waals surface area (Å²) >= 11 is 11.8. The molecule has 0 radical (unpaired) electrons. The van der Waals surface area contributed by atoms with Crippen LogP contribution in [0.15, 0.2) is 48.7 Å². The van der Waals surface area contributed by atoms with Gasteiger partial charge >= 0.3 is 6.18 Å². The number of amides is 2. The van der Waals surface area contributed by atoms with E-state index in [-0.39, 0.29) is 27.0 Å². The number of nitrogen functional groups attached to an aromatic ring is 1. The van der Waals surface area contributed by atoms with Crippen LogP contribution in [0.1, 0.15) is 20.7 Å². The minimum Gasteiger partial charge on any atom is -0.383 e. The maximum absolute atomic E-state index is 13.6. The first-order valence-corrected chi connectivity index (χ1v) is 10.5. The van der Waals surface area contributed by atoms with Gasteiger partial charge in [0, 0.05) is 0 Å². The van der Waals surface area contributed by atoms with E-state index in [1.165, 1.54) is 30.3 Å². The van der Waals surface area contributed by atoms with Crippen LogP contribution in [0.3, 0.4) is 0 Å². The van der Waals surface area contributed by atoms with Gasteiger partial charge in [-0.1, -0.05) is 29.3 Å². The lowest BCUT2D eigenvalue weighted by molar-refractivity contribution is -0.254. The normalized spacial score (nSPS) is 13.2. The molecule has 3 rings (SSSR count). The van der Waals surface area contributed by atoms with E-state index in [0.29, 0.717) is 5.69 Å². The summed E-state index contributed by atoms with van der Waals surface area (Å²) in [6.07, 6.45) is -4.25. The lowest BCUT2D eigenvalue weighted by atomic mass is 10.0. The first kappa shape index (κ1) is 26.3. The fourth-order valence-electron chi connectivity index (χ4n) is 2.94. The molecule has 1 aromatic heterocycles. The number of hydrogen-bond donors (Lipinski definition) is 4. The van der Waals surface area contributed by atoms with E-state index in [0.717, 1.165) is 23.0 Å². The van der Waals surface area contributed by atoms with E-state index < -0.39 is 42.5 Å². The highest BCUT2D eigenvalue weighted by atomic mass is 35.5. The molecule has 186 valence electrons. The van der Waals surface area contributed by atoms with Gasteiger partial charge in [0.15, 0.2) is 5.60 Å². The van der Waals surface area contributed by atoms with Crippen molar-refractivity contribution < 1.29 is 32.3 Å². The van der Waals surface area contributed by atoms with Crippen LogP contribution in [0, 0.1) is 5.82 Å². The van der Waals surface area contributed by atoms with Gasteiger partial charge in [-0.3, -0.25) is 9.59 Å². The third-order valence-electron chi connectivity index (χ3n) is 4.92. The first-order valence-electron chi connectivity index (χ1n) is 9.73. The second kappa shape index (κ2) is 10.1. The van der Waals surface area contributed by atoms with Crippen LogP contribution in [-0.2, 0) is 0 Å². The van der Waals surface area contributed by atoms with Crippen LogP contribution in [0.2, 0.25) is 10.0 Å². The number of halogens is 6. The lowest BCUT2D eigenvalue weighted by Crippen LogP contribution is -2.59. The number of carbonyl (C=O) groups excluding carboxylic acids is 2. The van der Waals surface area contributed by atoms with E-state index in [1.54, 1.807) is 0 Å². The molecule has 2 aromatic carbocycles. The van der Waals surface area contributed by atoms with Crippen molar-refractivity contribution in [3.63, 3.8) is 0 Å². The van der Waals surface area contributed by atoms with Crippen LogP contribution >= 0.6 is 23.2 Å². The molecule has 1 atom stereocenters. The van der Waals surface area contributed by atoms with Gasteiger partial charge in [-0.25, -0.2) is 9.07 Å². The Kier molecular flexibility index (Phi) is 7.58. The number of hydrogen-bond acceptors (Lipinski definition) is 5. The fraction of sp³-hybridized carbons (Fsp3) is 0.190. The Bertz CT molecular complexity index is 1230. The first-order chi connectivity index (χ1) is 16.3. The molecule has 0 saturated carbocycles. The molecule has 0 unspecified atom stereocenters. The number of nitrogens with one attached hydrogen (secondary N) is 2. The van der Waals surface area contributed by atoms with Gasteiger partial charge in [0.2, 0.25) is 0 Å². The number of nitrogens with two attached hydrogens (primary N) is 1. The number of aliphatic hydroxyl groups is 1. The van der Waals surface area contributed by atoms with Crippen LogP contribution in [-0.4, -0.2) is 51.6 Å². The second-order valence-corrected chi connectivity index (χ2v) is 8.14. The number of carbonyl (C=O) groups is 2. The largest absolute Gasteiger partial charge is 0.420 e. The van der Waals surface area contributed by atoms with Crippen molar-refractivity contribution in [2.24, 2.45) is 0 Å². The minimum absolute atomic E-state index is 0.104. The van der Waals surface area contributed by atoms with Gasteiger partial charge in [-0.05, 0) is 36.4 Å². The Labute approximate surface area is 205 Å². The van der Waals surface area contributed by atoms with Crippen LogP contribution in [0.5, 0.6) is 0 Å². The molecule has 0 aliphatic rings. The highest BCUT2D eigenvalue weighted by Crippen LogP contribution is 2.30. The van der Waals surface area contributed by atoms with Crippen molar-refractivity contribution in [2.45, 2.75) is 11.8 Å². The molecule has 5 N–H and O–H groups in total. The lowest BCUT2D eigenvalue weighted by Gasteiger charge is -2.30. The van der Waals surface area contributed by atoms with Gasteiger partial charge in [0.05, 0.1) is 40.6 Å². The van der Waals surface area contributed by atoms with E-state index >= 15 is 0 Å². The monoisotopic (exact) mass is 533 g/mol. The SMILES string of the molecule is Nc1c(C(=O)NC[C@](O)(CNC(=O)c2c(Cl)cccc2Cl)C(F)(F)F)cnn1-c1ccc(F)cc1. The standard InChI is InChI=1S/C21H17Cl2F4N5O3/c22-14-2-1-3-15(23)16(14)19(34)30-10-20(35,21(25,26)27)9-29-18(33)13-8-31-32(17(13)28)12-6-4-11(24)5-7-12/h1-8,35H,9-10,28H2,(H,29,33)(H,30,34)/t20-/m0/s1. The molecule has 0 aliphatic heterocycles. The van der Waals surface area contributed by atoms with Gasteiger partial charge in [0.1, 0.15) is 17.2 Å². The van der Waals surface area contributed by atoms with E-state index in [1.807, 2.05) is 10.6 Å². The second-order valence-electron chi connectivity index (χ2n) is 7.32. The molecular weight excluding hydrogens is 517 g/mol. The van der Waals surface area contributed by atoms with Gasteiger partial charge < -0.3 is 21.5 Å². The molecule has 0 spiro atoms. The quantitative estimate of drug-likeness (QED) is 0.347. The molecule has 0 fully saturated rings. The van der Waals surface area contributed by atoms with Crippen molar-refractivity contribution in [1.82, 2.24) is 20.4 Å². The molecule has 35 heavy (non-hydrogen) atoms. The predicted octanol–water partition coefficient (Wildman–Crippen LogP) is 3.35. The third-order valence-corrected chi connectivity index (χ3v) is 5.55. The molecule has 3 aromatic rings. The maximum atomic E-state index is 13.6. The zero-order chi connectivity index (χ0) is 26.0. The molecule has 0 saturated heterocycles. The minimum atomic E-state index is -5.25. The number of rotatable bonds is 7. The summed E-state index contributed by atoms with van der Waals surface area (Å²) in [5, 5.41) is 17.8. The van der Waals surface area contributed by atoms with E-state index in [2.05, 4.69) is 5.10 Å². The molecule has 0 bridgehead atoms. The summed E-state index contributed by atoms with van der Waals surface area (Å²) in [7, 11) is 0. The molecular formula is C21H17Cl2F4N5O3. The molecule has 0 aliphatic carbocycles. The zero-order valence-corrected chi connectivity index (χ0v) is 19.0. The van der Waals surface area contributed by atoms with Gasteiger partial charge in [-0.15, -0.1) is 0 Å². The molecule has 1 heterocycles. The van der Waals surface area contributed by atoms with Crippen molar-refractivity contribution >= 4 is 40.8 Å². The highest BCUT2D eigenvalue weighted by molar-refractivity contribution is 6.39. The number of nitrogens with zero attached hydrogens (tertiary/aromatic N) is 2. The number of anilines is 1. The maximum Gasteiger partial charge on any atom is 0.420 e. The van der Waals surface area contributed by atoms with Crippen LogP contribution < -0.4 is 16.4 Å². The number of aromatic nitrogens is 2. The van der Waals surface area contributed by atoms with Crippen LogP contribution in [0.25, 0.3) is 5.69 Å². The number of alkyl halides is 3. The van der Waals surface area contributed by atoms with Gasteiger partial charge in [0.25, 0.3) is 11.8 Å². The summed E-state index contributed by atoms with van der Waals surface area (Å²) in [6, 6.07) is 8.98. The summed E-state index contributed by atoms with van der Waals surface area (Å²) < 4.78 is 55.1. The fourth-order valence-corrected chi connectivity index (χ4v) is 3.50. The van der Waals surface area contributed by atoms with Crippen LogP contribution in [0.4, 0.5) is 23.4 Å². The Morgan fingerprint density at radius 2 is 1.54 bits per heavy atom. The van der Waals surface area contributed by atoms with E-state index in [4.69, 9.17) is 28.9 Å². The Morgan fingerprint density at radius 3 is 2.09 bits per heavy atom. The third kappa shape index (κ3) is 5.66. The van der Waals surface area contributed by atoms with E-state index in [9.17, 15) is 32.3 Å². The average molecular weight is 534 g/mol. The Balaban J connectivity index is 1.73. The highest BCUT2D eigenvalue weighted by Gasteiger charge is 2.54. The smallest absolute Gasteiger partial charge is 0.383 e. The summed E-state index contributed by atoms with van der Waals surface area (Å²) in [4.78, 5) is 24.8. The van der Waals surface area contributed by atoms with Crippen molar-refractivity contribution in [1.29, 1.82) is 0 Å².